The molecule has 16 nitrogen and oxygen atoms in total. The van der Waals surface area contributed by atoms with E-state index in [2.05, 4.69) is 20.1 Å². The van der Waals surface area contributed by atoms with Crippen LogP contribution in [0.2, 0.25) is 0 Å². The number of rotatable bonds is 8. The zero-order chi connectivity index (χ0) is 44.1. The number of amides is 1. The largest absolute Gasteiger partial charge is 0.459 e. The normalized spacial score (nSPS) is 37.6. The van der Waals surface area contributed by atoms with Crippen LogP contribution >= 0.6 is 11.3 Å². The monoisotopic (exact) mass is 857 g/mol. The van der Waals surface area contributed by atoms with Gasteiger partial charge in [-0.25, -0.2) is 15.0 Å². The Morgan fingerprint density at radius 3 is 2.42 bits per heavy atom. The number of oxime groups is 1. The van der Waals surface area contributed by atoms with Crippen molar-refractivity contribution in [3.8, 4) is 10.7 Å². The van der Waals surface area contributed by atoms with Gasteiger partial charge in [0.05, 0.1) is 42.0 Å². The number of fused-ring (bicyclic) bond motifs is 5. The predicted octanol–water partition coefficient (Wildman–Crippen LogP) is 4.64. The maximum atomic E-state index is 14.5. The number of hydrogen-bond acceptors (Lipinski definition) is 16. The summed E-state index contributed by atoms with van der Waals surface area (Å²) in [5, 5.41) is 28.6. The number of aliphatic hydroxyl groups is 2. The van der Waals surface area contributed by atoms with Gasteiger partial charge in [-0.1, -0.05) is 32.9 Å². The highest BCUT2D eigenvalue weighted by molar-refractivity contribution is 7.15. The minimum Gasteiger partial charge on any atom is -0.459 e. The lowest BCUT2D eigenvalue weighted by molar-refractivity contribution is -0.296. The molecule has 3 fully saturated rings. The van der Waals surface area contributed by atoms with Gasteiger partial charge in [-0.05, 0) is 85.2 Å². The molecule has 2 N–H and O–H groups in total. The van der Waals surface area contributed by atoms with Crippen LogP contribution < -0.4 is 0 Å². The number of aromatic nitrogens is 2. The molecule has 3 saturated heterocycles. The van der Waals surface area contributed by atoms with Crippen molar-refractivity contribution in [2.24, 2.45) is 33.8 Å². The molecule has 0 saturated carbocycles. The summed E-state index contributed by atoms with van der Waals surface area (Å²) in [6.07, 6.45) is -1.76. The molecule has 332 valence electrons. The van der Waals surface area contributed by atoms with Crippen molar-refractivity contribution < 1.29 is 53.1 Å². The average molecular weight is 858 g/mol. The van der Waals surface area contributed by atoms with Gasteiger partial charge in [-0.2, -0.15) is 0 Å². The van der Waals surface area contributed by atoms with E-state index < -0.39 is 83.2 Å². The lowest BCUT2D eigenvalue weighted by Crippen LogP contribution is -2.60. The molecule has 0 unspecified atom stereocenters. The van der Waals surface area contributed by atoms with Gasteiger partial charge in [-0.3, -0.25) is 14.4 Å². The third-order valence-electron chi connectivity index (χ3n) is 12.0. The topological polar surface area (TPSA) is 201 Å². The van der Waals surface area contributed by atoms with E-state index in [1.807, 2.05) is 51.9 Å². The highest BCUT2D eigenvalue weighted by atomic mass is 32.1. The van der Waals surface area contributed by atoms with E-state index in [1.54, 1.807) is 39.2 Å². The third kappa shape index (κ3) is 10.9. The van der Waals surface area contributed by atoms with Gasteiger partial charge in [0.2, 0.25) is 5.91 Å². The summed E-state index contributed by atoms with van der Waals surface area (Å²) in [7, 11) is 3.73. The molecule has 60 heavy (non-hydrogen) atoms. The smallest absolute Gasteiger partial charge is 0.316 e. The molecule has 3 aliphatic rings. The van der Waals surface area contributed by atoms with Gasteiger partial charge >= 0.3 is 5.97 Å². The van der Waals surface area contributed by atoms with E-state index in [-0.39, 0.29) is 44.8 Å². The van der Waals surface area contributed by atoms with Gasteiger partial charge in [0.1, 0.15) is 29.4 Å². The summed E-state index contributed by atoms with van der Waals surface area (Å²) in [5.74, 6) is -4.72. The summed E-state index contributed by atoms with van der Waals surface area (Å²) in [6, 6.07) is 5.24. The number of ether oxygens (including phenoxy) is 5. The number of cyclic esters (lactones) is 1. The van der Waals surface area contributed by atoms with Crippen LogP contribution in [0, 0.1) is 23.7 Å². The maximum Gasteiger partial charge on any atom is 0.316 e. The number of esters is 1. The van der Waals surface area contributed by atoms with Crippen LogP contribution in [0.3, 0.4) is 0 Å². The standard InChI is InChI=1S/C43H63N5O11S/c1-12-33-43(9,53)38-25(4)34(46-28(7)49)23(2)19-42(8,55-21-29(20-54-38)47-56-22-30-14-15-32(60-30)39-44-16-13-17-45-39)37(26(5)35(50)27(6)40(52)58-33)59-41-36(51)31(48(10)11)18-24(3)57-41/h13-17,23-27,31,33,36-38,41,51,53H,12,18-22H2,1-11H3/b46-34?,47-29+/t23-,24-,25+,26+,27-,31+,33-,36-,37-,38+,41+,42-,43-/m1/s1. The summed E-state index contributed by atoms with van der Waals surface area (Å²) >= 11 is 1.46. The van der Waals surface area contributed by atoms with Gasteiger partial charge < -0.3 is 43.6 Å². The van der Waals surface area contributed by atoms with E-state index in [0.717, 1.165) is 9.75 Å². The summed E-state index contributed by atoms with van der Waals surface area (Å²) in [4.78, 5) is 63.9. The van der Waals surface area contributed by atoms with E-state index in [0.29, 0.717) is 23.7 Å². The van der Waals surface area contributed by atoms with Crippen molar-refractivity contribution in [1.82, 2.24) is 14.9 Å². The molecule has 2 aromatic heterocycles. The first-order valence-electron chi connectivity index (χ1n) is 20.8. The molecule has 13 atom stereocenters. The molecule has 1 amide bonds. The Bertz CT molecular complexity index is 1860. The molecule has 0 radical (unpaired) electrons. The Balaban J connectivity index is 1.64. The number of hydrogen-bond donors (Lipinski definition) is 2. The fourth-order valence-electron chi connectivity index (χ4n) is 8.80. The van der Waals surface area contributed by atoms with E-state index in [1.165, 1.54) is 32.1 Å². The maximum absolute atomic E-state index is 14.5. The second-order valence-corrected chi connectivity index (χ2v) is 18.3. The molecule has 2 bridgehead atoms. The number of carbonyl (C=O) groups is 3. The number of aliphatic hydroxyl groups excluding tert-OH is 1. The SMILES string of the molecule is CC[C@H]1OC(=O)[C@H](C)C(=O)[C@H](C)[C@@H](O[C@@H]2O[C@H](C)C[C@H](N(C)C)[C@H]2O)[C@@]2(C)C[C@@H](C)C(=NC(C)=O)[C@H](C)[C@H](OC/C(=N\OCc3ccc(-c4ncccn4)s3)CO2)[C@]1(C)O. The van der Waals surface area contributed by atoms with Gasteiger partial charge in [-0.15, -0.1) is 11.3 Å². The third-order valence-corrected chi connectivity index (χ3v) is 13.0. The predicted molar refractivity (Wildman–Crippen MR) is 224 cm³/mol. The zero-order valence-corrected chi connectivity index (χ0v) is 37.5. The van der Waals surface area contributed by atoms with Crippen LogP contribution in [-0.2, 0) is 49.5 Å². The van der Waals surface area contributed by atoms with Crippen LogP contribution in [0.5, 0.6) is 0 Å². The van der Waals surface area contributed by atoms with Crippen molar-refractivity contribution >= 4 is 40.4 Å². The minimum absolute atomic E-state index is 0.105. The number of nitrogens with zero attached hydrogens (tertiary/aromatic N) is 5. The number of likely N-dealkylation sites (N-methyl/N-ethyl adjacent to an activating group) is 1. The second-order valence-electron chi connectivity index (χ2n) is 17.2. The number of Topliss-reactive ketones (excluding diaryl/α,β-unsaturated/α-hetero) is 1. The molecule has 5 rings (SSSR count). The van der Waals surface area contributed by atoms with Crippen LogP contribution in [0.15, 0.2) is 40.7 Å². The summed E-state index contributed by atoms with van der Waals surface area (Å²) in [6.45, 7) is 14.9. The lowest BCUT2D eigenvalue weighted by atomic mass is 9.73. The van der Waals surface area contributed by atoms with Crippen LogP contribution in [0.25, 0.3) is 10.7 Å². The molecule has 17 heteroatoms. The second kappa shape index (κ2) is 20.1. The van der Waals surface area contributed by atoms with Crippen LogP contribution in [0.1, 0.15) is 86.5 Å². The van der Waals surface area contributed by atoms with Crippen LogP contribution in [-0.4, -0.2) is 136 Å². The van der Waals surface area contributed by atoms with Gasteiger partial charge in [0.15, 0.2) is 24.5 Å². The number of aliphatic imine (C=N–C) groups is 1. The molecular formula is C43H63N5O11S. The molecule has 5 heterocycles. The van der Waals surface area contributed by atoms with E-state index in [9.17, 15) is 24.6 Å². The fraction of sp³-hybridized carbons (Fsp3) is 0.698. The Kier molecular flexibility index (Phi) is 15.9. The quantitative estimate of drug-likeness (QED) is 0.211. The first-order valence-corrected chi connectivity index (χ1v) is 21.6. The Labute approximate surface area is 357 Å². The molecule has 2 aromatic rings. The first-order chi connectivity index (χ1) is 28.3. The summed E-state index contributed by atoms with van der Waals surface area (Å²) in [5.41, 5.74) is -2.53. The Morgan fingerprint density at radius 2 is 1.77 bits per heavy atom. The number of carbonyl (C=O) groups excluding carboxylic acids is 3. The van der Waals surface area contributed by atoms with Crippen molar-refractivity contribution in [2.45, 2.75) is 142 Å². The molecular weight excluding hydrogens is 795 g/mol. The molecule has 0 aromatic carbocycles. The van der Waals surface area contributed by atoms with Gasteiger partial charge in [0, 0.05) is 47.8 Å². The van der Waals surface area contributed by atoms with Crippen molar-refractivity contribution in [1.29, 1.82) is 0 Å². The summed E-state index contributed by atoms with van der Waals surface area (Å²) < 4.78 is 32.5. The Hall–Kier alpha value is -3.55. The van der Waals surface area contributed by atoms with Crippen molar-refractivity contribution in [3.05, 3.63) is 35.5 Å². The van der Waals surface area contributed by atoms with Crippen molar-refractivity contribution in [3.63, 3.8) is 0 Å². The lowest BCUT2D eigenvalue weighted by Gasteiger charge is -2.47. The molecule has 0 spiro atoms. The fourth-order valence-corrected chi connectivity index (χ4v) is 9.66. The molecule has 3 aliphatic heterocycles. The highest BCUT2D eigenvalue weighted by Gasteiger charge is 2.53. The van der Waals surface area contributed by atoms with E-state index in [4.69, 9.17) is 28.5 Å². The number of thiophene rings is 1. The average Bonchev–Trinajstić information content (AvgIpc) is 3.67. The first kappa shape index (κ1) is 47.5. The molecule has 0 aliphatic carbocycles. The van der Waals surface area contributed by atoms with E-state index >= 15 is 0 Å². The zero-order valence-electron chi connectivity index (χ0n) is 36.7. The highest BCUT2D eigenvalue weighted by Crippen LogP contribution is 2.40. The minimum atomic E-state index is -1.85. The Morgan fingerprint density at radius 1 is 1.07 bits per heavy atom. The number of ketones is 1. The van der Waals surface area contributed by atoms with Crippen LogP contribution in [0.4, 0.5) is 0 Å². The van der Waals surface area contributed by atoms with Gasteiger partial charge in [0.25, 0.3) is 0 Å². The van der Waals surface area contributed by atoms with Crippen molar-refractivity contribution in [2.75, 3.05) is 27.3 Å².